The summed E-state index contributed by atoms with van der Waals surface area (Å²) >= 11 is 5.07. The van der Waals surface area contributed by atoms with Crippen LogP contribution in [0.15, 0.2) is 18.5 Å². The molecule has 0 bridgehead atoms. The van der Waals surface area contributed by atoms with E-state index in [1.54, 1.807) is 17.0 Å². The standard InChI is InChI=1S/C12H15N5OS/c1-3-4-10(18)14-9-5-8(6-13-7-9)11-15-16-12(19)17(11)2/h5-7H,3-4H2,1-2H3,(H,14,18)(H,16,19). The quantitative estimate of drug-likeness (QED) is 0.841. The van der Waals surface area contributed by atoms with Crippen LogP contribution in [0.25, 0.3) is 11.4 Å². The number of hydrogen-bond acceptors (Lipinski definition) is 4. The topological polar surface area (TPSA) is 75.6 Å². The van der Waals surface area contributed by atoms with Crippen LogP contribution in [0.2, 0.25) is 0 Å². The molecule has 2 aromatic rings. The van der Waals surface area contributed by atoms with Crippen LogP contribution in [0.4, 0.5) is 5.69 Å². The molecule has 2 rings (SSSR count). The van der Waals surface area contributed by atoms with Gasteiger partial charge in [-0.1, -0.05) is 6.92 Å². The van der Waals surface area contributed by atoms with Gasteiger partial charge < -0.3 is 9.88 Å². The second kappa shape index (κ2) is 5.75. The van der Waals surface area contributed by atoms with Crippen molar-refractivity contribution in [2.75, 3.05) is 5.32 Å². The average molecular weight is 277 g/mol. The Labute approximate surface area is 115 Å². The van der Waals surface area contributed by atoms with E-state index >= 15 is 0 Å². The molecule has 0 saturated heterocycles. The molecule has 19 heavy (non-hydrogen) atoms. The van der Waals surface area contributed by atoms with Crippen LogP contribution in [0.1, 0.15) is 19.8 Å². The zero-order valence-electron chi connectivity index (χ0n) is 10.8. The molecule has 0 aliphatic rings. The third kappa shape index (κ3) is 3.05. The lowest BCUT2D eigenvalue weighted by Crippen LogP contribution is -2.10. The highest BCUT2D eigenvalue weighted by Crippen LogP contribution is 2.19. The third-order valence-corrected chi connectivity index (χ3v) is 3.00. The van der Waals surface area contributed by atoms with Gasteiger partial charge in [0.05, 0.1) is 11.9 Å². The first-order valence-electron chi connectivity index (χ1n) is 5.98. The molecule has 7 heteroatoms. The van der Waals surface area contributed by atoms with Gasteiger partial charge in [0.15, 0.2) is 10.6 Å². The highest BCUT2D eigenvalue weighted by Gasteiger charge is 2.08. The summed E-state index contributed by atoms with van der Waals surface area (Å²) < 4.78 is 2.29. The SMILES string of the molecule is CCCC(=O)Nc1cncc(-c2n[nH]c(=S)n2C)c1. The van der Waals surface area contributed by atoms with E-state index in [-0.39, 0.29) is 5.91 Å². The number of amides is 1. The van der Waals surface area contributed by atoms with Crippen LogP contribution in [0, 0.1) is 4.77 Å². The highest BCUT2D eigenvalue weighted by atomic mass is 32.1. The van der Waals surface area contributed by atoms with Crippen molar-refractivity contribution in [1.29, 1.82) is 0 Å². The first-order valence-corrected chi connectivity index (χ1v) is 6.39. The van der Waals surface area contributed by atoms with Gasteiger partial charge in [-0.15, -0.1) is 0 Å². The minimum absolute atomic E-state index is 0.0168. The van der Waals surface area contributed by atoms with E-state index in [0.29, 0.717) is 22.7 Å². The summed E-state index contributed by atoms with van der Waals surface area (Å²) in [4.78, 5) is 15.7. The summed E-state index contributed by atoms with van der Waals surface area (Å²) in [5, 5.41) is 9.66. The Morgan fingerprint density at radius 2 is 2.32 bits per heavy atom. The van der Waals surface area contributed by atoms with E-state index in [2.05, 4.69) is 20.5 Å². The van der Waals surface area contributed by atoms with Crippen molar-refractivity contribution in [1.82, 2.24) is 19.7 Å². The van der Waals surface area contributed by atoms with Crippen LogP contribution >= 0.6 is 12.2 Å². The summed E-state index contributed by atoms with van der Waals surface area (Å²) in [5.41, 5.74) is 1.45. The number of carbonyl (C=O) groups excluding carboxylic acids is 1. The van der Waals surface area contributed by atoms with E-state index in [1.807, 2.05) is 20.0 Å². The number of nitrogens with zero attached hydrogens (tertiary/aromatic N) is 3. The molecule has 0 aromatic carbocycles. The third-order valence-electron chi connectivity index (χ3n) is 2.64. The molecule has 0 aliphatic heterocycles. The zero-order valence-corrected chi connectivity index (χ0v) is 11.6. The monoisotopic (exact) mass is 277 g/mol. The number of H-pyrrole nitrogens is 1. The van der Waals surface area contributed by atoms with Crippen molar-refractivity contribution < 1.29 is 4.79 Å². The first-order chi connectivity index (χ1) is 9.11. The number of aromatic nitrogens is 4. The second-order valence-electron chi connectivity index (χ2n) is 4.17. The maximum Gasteiger partial charge on any atom is 0.224 e. The van der Waals surface area contributed by atoms with E-state index in [0.717, 1.165) is 12.0 Å². The van der Waals surface area contributed by atoms with Crippen LogP contribution in [0.5, 0.6) is 0 Å². The summed E-state index contributed by atoms with van der Waals surface area (Å²) in [5.74, 6) is 0.668. The Morgan fingerprint density at radius 1 is 1.53 bits per heavy atom. The van der Waals surface area contributed by atoms with Crippen molar-refractivity contribution in [3.8, 4) is 11.4 Å². The van der Waals surface area contributed by atoms with Crippen molar-refractivity contribution in [3.63, 3.8) is 0 Å². The molecule has 0 fully saturated rings. The fourth-order valence-corrected chi connectivity index (χ4v) is 1.82. The van der Waals surface area contributed by atoms with E-state index in [9.17, 15) is 4.79 Å². The Hall–Kier alpha value is -2.02. The van der Waals surface area contributed by atoms with Gasteiger partial charge in [0.1, 0.15) is 0 Å². The minimum atomic E-state index is -0.0168. The average Bonchev–Trinajstić information content (AvgIpc) is 2.70. The smallest absolute Gasteiger partial charge is 0.224 e. The number of nitrogens with one attached hydrogen (secondary N) is 2. The van der Waals surface area contributed by atoms with Gasteiger partial charge in [0.25, 0.3) is 0 Å². The molecule has 1 amide bonds. The number of pyridine rings is 1. The molecule has 6 nitrogen and oxygen atoms in total. The predicted octanol–water partition coefficient (Wildman–Crippen LogP) is 2.28. The van der Waals surface area contributed by atoms with Crippen LogP contribution in [-0.4, -0.2) is 25.7 Å². The fourth-order valence-electron chi connectivity index (χ4n) is 1.69. The van der Waals surface area contributed by atoms with Crippen molar-refractivity contribution in [2.24, 2.45) is 7.05 Å². The maximum absolute atomic E-state index is 11.5. The maximum atomic E-state index is 11.5. The van der Waals surface area contributed by atoms with Crippen molar-refractivity contribution in [3.05, 3.63) is 23.2 Å². The molecule has 0 atom stereocenters. The molecule has 2 N–H and O–H groups in total. The number of rotatable bonds is 4. The van der Waals surface area contributed by atoms with Gasteiger partial charge >= 0.3 is 0 Å². The molecule has 2 heterocycles. The largest absolute Gasteiger partial charge is 0.325 e. The van der Waals surface area contributed by atoms with Gasteiger partial charge in [0.2, 0.25) is 5.91 Å². The van der Waals surface area contributed by atoms with Crippen molar-refractivity contribution >= 4 is 23.8 Å². The van der Waals surface area contributed by atoms with Gasteiger partial charge in [-0.3, -0.25) is 14.9 Å². The fraction of sp³-hybridized carbons (Fsp3) is 0.333. The molecule has 0 saturated carbocycles. The first kappa shape index (κ1) is 13.4. The van der Waals surface area contributed by atoms with Crippen LogP contribution in [-0.2, 0) is 11.8 Å². The molecular weight excluding hydrogens is 262 g/mol. The second-order valence-corrected chi connectivity index (χ2v) is 4.56. The molecular formula is C12H15N5OS. The number of anilines is 1. The molecule has 0 unspecified atom stereocenters. The van der Waals surface area contributed by atoms with Gasteiger partial charge in [-0.2, -0.15) is 5.10 Å². The lowest BCUT2D eigenvalue weighted by atomic mass is 10.2. The molecule has 100 valence electrons. The summed E-state index contributed by atoms with van der Waals surface area (Å²) in [6, 6.07) is 1.82. The van der Waals surface area contributed by atoms with Crippen LogP contribution in [0.3, 0.4) is 0 Å². The lowest BCUT2D eigenvalue weighted by Gasteiger charge is -2.06. The Bertz CT molecular complexity index is 646. The number of aromatic amines is 1. The Kier molecular flexibility index (Phi) is 4.06. The molecule has 0 radical (unpaired) electrons. The number of carbonyl (C=O) groups is 1. The normalized spacial score (nSPS) is 10.4. The lowest BCUT2D eigenvalue weighted by molar-refractivity contribution is -0.116. The van der Waals surface area contributed by atoms with Gasteiger partial charge in [-0.05, 0) is 24.7 Å². The summed E-state index contributed by atoms with van der Waals surface area (Å²) in [7, 11) is 1.82. The predicted molar refractivity (Wildman–Crippen MR) is 75.2 cm³/mol. The molecule has 0 spiro atoms. The zero-order chi connectivity index (χ0) is 13.8. The Balaban J connectivity index is 2.27. The summed E-state index contributed by atoms with van der Waals surface area (Å²) in [6.45, 7) is 1.96. The van der Waals surface area contributed by atoms with E-state index in [1.165, 1.54) is 0 Å². The van der Waals surface area contributed by atoms with Gasteiger partial charge in [-0.25, -0.2) is 0 Å². The van der Waals surface area contributed by atoms with Crippen LogP contribution < -0.4 is 5.32 Å². The minimum Gasteiger partial charge on any atom is -0.325 e. The molecule has 0 aliphatic carbocycles. The highest BCUT2D eigenvalue weighted by molar-refractivity contribution is 7.71. The molecule has 2 aromatic heterocycles. The Morgan fingerprint density at radius 3 is 2.95 bits per heavy atom. The summed E-state index contributed by atoms with van der Waals surface area (Å²) in [6.07, 6.45) is 4.60. The number of hydrogen-bond donors (Lipinski definition) is 2. The van der Waals surface area contributed by atoms with E-state index < -0.39 is 0 Å². The van der Waals surface area contributed by atoms with Crippen molar-refractivity contribution in [2.45, 2.75) is 19.8 Å². The van der Waals surface area contributed by atoms with Gasteiger partial charge in [0, 0.05) is 25.2 Å². The van der Waals surface area contributed by atoms with E-state index in [4.69, 9.17) is 12.2 Å².